The van der Waals surface area contributed by atoms with Crippen molar-refractivity contribution >= 4 is 11.9 Å². The summed E-state index contributed by atoms with van der Waals surface area (Å²) in [5, 5.41) is 9.00. The Morgan fingerprint density at radius 3 is 2.75 bits per heavy atom. The number of ether oxygens (including phenoxy) is 1. The molecule has 0 radical (unpaired) electrons. The van der Waals surface area contributed by atoms with Crippen LogP contribution in [-0.4, -0.2) is 35.1 Å². The number of benzene rings is 1. The SMILES string of the molecule is O=C(O)c1ccc2c(c1)CN(C(=O)C1CCCOC1)C2. The number of nitrogens with zero attached hydrogens (tertiary/aromatic N) is 1. The zero-order valence-electron chi connectivity index (χ0n) is 11.2. The van der Waals surface area contributed by atoms with Gasteiger partial charge in [-0.05, 0) is 36.1 Å². The predicted octanol–water partition coefficient (Wildman–Crippen LogP) is 1.65. The zero-order valence-corrected chi connectivity index (χ0v) is 11.2. The quantitative estimate of drug-likeness (QED) is 0.891. The van der Waals surface area contributed by atoms with Crippen LogP contribution in [0.2, 0.25) is 0 Å². The van der Waals surface area contributed by atoms with Gasteiger partial charge in [-0.15, -0.1) is 0 Å². The Morgan fingerprint density at radius 2 is 2.05 bits per heavy atom. The molecule has 2 heterocycles. The second-order valence-corrected chi connectivity index (χ2v) is 5.40. The van der Waals surface area contributed by atoms with Crippen molar-refractivity contribution in [3.8, 4) is 0 Å². The number of hydrogen-bond acceptors (Lipinski definition) is 3. The first kappa shape index (κ1) is 13.1. The standard InChI is InChI=1S/C15H17NO4/c17-14(12-2-1-5-20-9-12)16-7-11-4-3-10(15(18)19)6-13(11)8-16/h3-4,6,12H,1-2,5,7-9H2,(H,18,19). The van der Waals surface area contributed by atoms with E-state index in [4.69, 9.17) is 9.84 Å². The first-order valence-corrected chi connectivity index (χ1v) is 6.87. The fourth-order valence-corrected chi connectivity index (χ4v) is 2.88. The number of carbonyl (C=O) groups is 2. The van der Waals surface area contributed by atoms with Gasteiger partial charge >= 0.3 is 5.97 Å². The Kier molecular flexibility index (Phi) is 3.44. The smallest absolute Gasteiger partial charge is 0.335 e. The highest BCUT2D eigenvalue weighted by Crippen LogP contribution is 2.27. The van der Waals surface area contributed by atoms with E-state index >= 15 is 0 Å². The summed E-state index contributed by atoms with van der Waals surface area (Å²) in [6.07, 6.45) is 1.81. The first-order chi connectivity index (χ1) is 9.65. The highest BCUT2D eigenvalue weighted by Gasteiger charge is 2.30. The maximum atomic E-state index is 12.4. The Morgan fingerprint density at radius 1 is 1.25 bits per heavy atom. The number of rotatable bonds is 2. The van der Waals surface area contributed by atoms with E-state index < -0.39 is 5.97 Å². The molecule has 106 valence electrons. The maximum absolute atomic E-state index is 12.4. The Hall–Kier alpha value is -1.88. The van der Waals surface area contributed by atoms with Crippen molar-refractivity contribution in [2.45, 2.75) is 25.9 Å². The normalized spacial score (nSPS) is 21.6. The molecule has 1 N–H and O–H groups in total. The van der Waals surface area contributed by atoms with Crippen LogP contribution >= 0.6 is 0 Å². The second kappa shape index (κ2) is 5.25. The molecule has 20 heavy (non-hydrogen) atoms. The van der Waals surface area contributed by atoms with Crippen molar-refractivity contribution in [2.24, 2.45) is 5.92 Å². The number of carboxylic acid groups (broad SMARTS) is 1. The van der Waals surface area contributed by atoms with E-state index in [0.717, 1.165) is 30.6 Å². The fraction of sp³-hybridized carbons (Fsp3) is 0.467. The molecule has 1 aromatic rings. The van der Waals surface area contributed by atoms with E-state index in [1.54, 1.807) is 17.0 Å². The molecule has 5 nitrogen and oxygen atoms in total. The molecule has 3 rings (SSSR count). The number of amides is 1. The van der Waals surface area contributed by atoms with Crippen LogP contribution in [0, 0.1) is 5.92 Å². The maximum Gasteiger partial charge on any atom is 0.335 e. The van der Waals surface area contributed by atoms with Gasteiger partial charge in [0.1, 0.15) is 0 Å². The molecular formula is C15H17NO4. The summed E-state index contributed by atoms with van der Waals surface area (Å²) in [5.41, 5.74) is 2.26. The lowest BCUT2D eigenvalue weighted by Gasteiger charge is -2.26. The van der Waals surface area contributed by atoms with Gasteiger partial charge < -0.3 is 14.7 Å². The third kappa shape index (κ3) is 2.41. The number of carbonyl (C=O) groups excluding carboxylic acids is 1. The average Bonchev–Trinajstić information content (AvgIpc) is 2.90. The molecule has 0 aromatic heterocycles. The number of hydrogen-bond donors (Lipinski definition) is 1. The van der Waals surface area contributed by atoms with Crippen LogP contribution < -0.4 is 0 Å². The number of carboxylic acids is 1. The van der Waals surface area contributed by atoms with Crippen LogP contribution in [0.15, 0.2) is 18.2 Å². The summed E-state index contributed by atoms with van der Waals surface area (Å²) in [7, 11) is 0. The molecule has 0 saturated carbocycles. The number of aromatic carboxylic acids is 1. The van der Waals surface area contributed by atoms with Crippen LogP contribution in [0.4, 0.5) is 0 Å². The molecular weight excluding hydrogens is 258 g/mol. The molecule has 0 aliphatic carbocycles. The van der Waals surface area contributed by atoms with Gasteiger partial charge in [0.2, 0.25) is 5.91 Å². The zero-order chi connectivity index (χ0) is 14.1. The third-order valence-corrected chi connectivity index (χ3v) is 4.00. The number of fused-ring (bicyclic) bond motifs is 1. The van der Waals surface area contributed by atoms with Crippen molar-refractivity contribution in [1.29, 1.82) is 0 Å². The van der Waals surface area contributed by atoms with Crippen molar-refractivity contribution in [3.63, 3.8) is 0 Å². The minimum absolute atomic E-state index is 0.0444. The Bertz CT molecular complexity index is 549. The molecule has 1 unspecified atom stereocenters. The van der Waals surface area contributed by atoms with Gasteiger partial charge in [-0.25, -0.2) is 4.79 Å². The van der Waals surface area contributed by atoms with Gasteiger partial charge in [0.05, 0.1) is 18.1 Å². The molecule has 1 atom stereocenters. The third-order valence-electron chi connectivity index (χ3n) is 4.00. The summed E-state index contributed by atoms with van der Waals surface area (Å²) in [5.74, 6) is -0.854. The van der Waals surface area contributed by atoms with E-state index in [0.29, 0.717) is 19.7 Å². The van der Waals surface area contributed by atoms with Crippen molar-refractivity contribution in [2.75, 3.05) is 13.2 Å². The highest BCUT2D eigenvalue weighted by molar-refractivity contribution is 5.88. The minimum atomic E-state index is -0.932. The van der Waals surface area contributed by atoms with Crippen molar-refractivity contribution in [3.05, 3.63) is 34.9 Å². The summed E-state index contributed by atoms with van der Waals surface area (Å²) < 4.78 is 5.37. The molecule has 1 saturated heterocycles. The van der Waals surface area contributed by atoms with E-state index in [2.05, 4.69) is 0 Å². The summed E-state index contributed by atoms with van der Waals surface area (Å²) in [4.78, 5) is 25.2. The monoisotopic (exact) mass is 275 g/mol. The largest absolute Gasteiger partial charge is 0.478 e. The lowest BCUT2D eigenvalue weighted by Crippen LogP contribution is -2.36. The van der Waals surface area contributed by atoms with E-state index in [1.165, 1.54) is 0 Å². The van der Waals surface area contributed by atoms with Crippen LogP contribution in [0.5, 0.6) is 0 Å². The Balaban J connectivity index is 1.73. The molecule has 1 amide bonds. The van der Waals surface area contributed by atoms with Gasteiger partial charge in [0.15, 0.2) is 0 Å². The molecule has 0 bridgehead atoms. The van der Waals surface area contributed by atoms with Gasteiger partial charge in [0.25, 0.3) is 0 Å². The van der Waals surface area contributed by atoms with Gasteiger partial charge in [-0.2, -0.15) is 0 Å². The average molecular weight is 275 g/mol. The van der Waals surface area contributed by atoms with E-state index in [-0.39, 0.29) is 17.4 Å². The molecule has 0 spiro atoms. The highest BCUT2D eigenvalue weighted by atomic mass is 16.5. The molecule has 2 aliphatic heterocycles. The molecule has 1 aromatic carbocycles. The predicted molar refractivity (Wildman–Crippen MR) is 71.2 cm³/mol. The van der Waals surface area contributed by atoms with Gasteiger partial charge in [0, 0.05) is 19.7 Å². The van der Waals surface area contributed by atoms with Crippen LogP contribution in [0.25, 0.3) is 0 Å². The second-order valence-electron chi connectivity index (χ2n) is 5.40. The lowest BCUT2D eigenvalue weighted by molar-refractivity contribution is -0.140. The van der Waals surface area contributed by atoms with Crippen molar-refractivity contribution in [1.82, 2.24) is 4.90 Å². The van der Waals surface area contributed by atoms with Gasteiger partial charge in [-0.3, -0.25) is 4.79 Å². The van der Waals surface area contributed by atoms with Crippen LogP contribution in [-0.2, 0) is 22.6 Å². The van der Waals surface area contributed by atoms with Gasteiger partial charge in [-0.1, -0.05) is 6.07 Å². The molecule has 2 aliphatic rings. The molecule has 5 heteroatoms. The summed E-state index contributed by atoms with van der Waals surface area (Å²) >= 11 is 0. The van der Waals surface area contributed by atoms with Crippen LogP contribution in [0.3, 0.4) is 0 Å². The minimum Gasteiger partial charge on any atom is -0.478 e. The summed E-state index contributed by atoms with van der Waals surface area (Å²) in [6, 6.07) is 5.07. The van der Waals surface area contributed by atoms with Crippen molar-refractivity contribution < 1.29 is 19.4 Å². The summed E-state index contributed by atoms with van der Waals surface area (Å²) in [6.45, 7) is 2.33. The van der Waals surface area contributed by atoms with E-state index in [1.807, 2.05) is 6.07 Å². The van der Waals surface area contributed by atoms with Crippen LogP contribution in [0.1, 0.15) is 34.3 Å². The Labute approximate surface area is 117 Å². The first-order valence-electron chi connectivity index (χ1n) is 6.87. The molecule has 1 fully saturated rings. The lowest BCUT2D eigenvalue weighted by atomic mass is 10.0. The fourth-order valence-electron chi connectivity index (χ4n) is 2.88. The topological polar surface area (TPSA) is 66.8 Å². The van der Waals surface area contributed by atoms with E-state index in [9.17, 15) is 9.59 Å².